The van der Waals surface area contributed by atoms with E-state index in [-0.39, 0.29) is 29.7 Å². The standard InChI is InChI=1S/C10H18N2O2/c1-10(2)5-7(10)9(14)12(4)6-8(13)11-3/h7H,5-6H2,1-4H3,(H,11,13). The van der Waals surface area contributed by atoms with Crippen LogP contribution in [0.3, 0.4) is 0 Å². The lowest BCUT2D eigenvalue weighted by atomic mass is 10.1. The quantitative estimate of drug-likeness (QED) is 0.706. The summed E-state index contributed by atoms with van der Waals surface area (Å²) < 4.78 is 0. The van der Waals surface area contributed by atoms with E-state index in [0.717, 1.165) is 6.42 Å². The first-order chi connectivity index (χ1) is 6.38. The minimum atomic E-state index is -0.126. The number of carbonyl (C=O) groups is 2. The molecule has 2 amide bonds. The zero-order valence-corrected chi connectivity index (χ0v) is 9.26. The topological polar surface area (TPSA) is 49.4 Å². The van der Waals surface area contributed by atoms with Crippen molar-refractivity contribution in [1.82, 2.24) is 10.2 Å². The van der Waals surface area contributed by atoms with Gasteiger partial charge in [-0.3, -0.25) is 9.59 Å². The Hall–Kier alpha value is -1.06. The number of nitrogens with one attached hydrogen (secondary N) is 1. The monoisotopic (exact) mass is 198 g/mol. The highest BCUT2D eigenvalue weighted by Crippen LogP contribution is 2.52. The normalized spacial score (nSPS) is 22.7. The Kier molecular flexibility index (Phi) is 2.83. The molecule has 1 fully saturated rings. The van der Waals surface area contributed by atoms with E-state index in [9.17, 15) is 9.59 Å². The molecule has 80 valence electrons. The van der Waals surface area contributed by atoms with E-state index in [0.29, 0.717) is 0 Å². The summed E-state index contributed by atoms with van der Waals surface area (Å²) in [5.41, 5.74) is 0.133. The second-order valence-electron chi connectivity index (χ2n) is 4.61. The van der Waals surface area contributed by atoms with Gasteiger partial charge in [0.05, 0.1) is 6.54 Å². The van der Waals surface area contributed by atoms with E-state index in [4.69, 9.17) is 0 Å². The molecule has 14 heavy (non-hydrogen) atoms. The lowest BCUT2D eigenvalue weighted by molar-refractivity contribution is -0.136. The van der Waals surface area contributed by atoms with Gasteiger partial charge in [0.15, 0.2) is 0 Å². The van der Waals surface area contributed by atoms with Crippen LogP contribution in [0.4, 0.5) is 0 Å². The van der Waals surface area contributed by atoms with Crippen LogP contribution >= 0.6 is 0 Å². The zero-order chi connectivity index (χ0) is 10.9. The zero-order valence-electron chi connectivity index (χ0n) is 9.26. The number of likely N-dealkylation sites (N-methyl/N-ethyl adjacent to an activating group) is 2. The summed E-state index contributed by atoms with van der Waals surface area (Å²) in [6, 6.07) is 0. The predicted molar refractivity (Wildman–Crippen MR) is 53.6 cm³/mol. The van der Waals surface area contributed by atoms with Crippen molar-refractivity contribution in [2.24, 2.45) is 11.3 Å². The fourth-order valence-electron chi connectivity index (χ4n) is 1.53. The van der Waals surface area contributed by atoms with E-state index in [1.807, 2.05) is 0 Å². The average molecular weight is 198 g/mol. The molecule has 0 saturated heterocycles. The molecule has 1 atom stereocenters. The lowest BCUT2D eigenvalue weighted by Crippen LogP contribution is -2.38. The van der Waals surface area contributed by atoms with Crippen LogP contribution in [0.15, 0.2) is 0 Å². The van der Waals surface area contributed by atoms with E-state index < -0.39 is 0 Å². The molecule has 0 aliphatic heterocycles. The Bertz CT molecular complexity index is 261. The number of rotatable bonds is 3. The molecular formula is C10H18N2O2. The Morgan fingerprint density at radius 1 is 1.50 bits per heavy atom. The highest BCUT2D eigenvalue weighted by molar-refractivity contribution is 5.87. The largest absolute Gasteiger partial charge is 0.358 e. The molecule has 1 unspecified atom stereocenters. The van der Waals surface area contributed by atoms with Crippen molar-refractivity contribution in [3.63, 3.8) is 0 Å². The first-order valence-corrected chi connectivity index (χ1v) is 4.84. The first kappa shape index (κ1) is 11.0. The number of carbonyl (C=O) groups excluding carboxylic acids is 2. The van der Waals surface area contributed by atoms with E-state index >= 15 is 0 Å². The fourth-order valence-corrected chi connectivity index (χ4v) is 1.53. The highest BCUT2D eigenvalue weighted by Gasteiger charge is 2.51. The SMILES string of the molecule is CNC(=O)CN(C)C(=O)C1CC1(C)C. The van der Waals surface area contributed by atoms with Crippen LogP contribution in [0.1, 0.15) is 20.3 Å². The third kappa shape index (κ3) is 2.25. The number of hydrogen-bond acceptors (Lipinski definition) is 2. The van der Waals surface area contributed by atoms with Crippen LogP contribution < -0.4 is 5.32 Å². The Balaban J connectivity index is 2.42. The van der Waals surface area contributed by atoms with Crippen LogP contribution in [0.25, 0.3) is 0 Å². The molecule has 0 aromatic carbocycles. The molecule has 1 N–H and O–H groups in total. The molecule has 1 aliphatic carbocycles. The van der Waals surface area contributed by atoms with Crippen molar-refractivity contribution in [3.8, 4) is 0 Å². The molecule has 0 aromatic heterocycles. The maximum absolute atomic E-state index is 11.7. The van der Waals surface area contributed by atoms with Crippen molar-refractivity contribution in [2.45, 2.75) is 20.3 Å². The molecule has 1 saturated carbocycles. The van der Waals surface area contributed by atoms with Crippen LogP contribution in [0, 0.1) is 11.3 Å². The van der Waals surface area contributed by atoms with E-state index in [1.54, 1.807) is 14.1 Å². The molecular weight excluding hydrogens is 180 g/mol. The van der Waals surface area contributed by atoms with Crippen molar-refractivity contribution in [2.75, 3.05) is 20.6 Å². The Labute approximate surface area is 84.7 Å². The predicted octanol–water partition coefficient (Wildman–Crippen LogP) is 0.237. The maximum Gasteiger partial charge on any atom is 0.239 e. The second-order valence-corrected chi connectivity index (χ2v) is 4.61. The van der Waals surface area contributed by atoms with Crippen molar-refractivity contribution < 1.29 is 9.59 Å². The van der Waals surface area contributed by atoms with Crippen LogP contribution in [-0.4, -0.2) is 37.4 Å². The van der Waals surface area contributed by atoms with Gasteiger partial charge in [0.2, 0.25) is 11.8 Å². The van der Waals surface area contributed by atoms with E-state index in [1.165, 1.54) is 4.90 Å². The number of amides is 2. The van der Waals surface area contributed by atoms with Gasteiger partial charge in [0.25, 0.3) is 0 Å². The molecule has 4 nitrogen and oxygen atoms in total. The fraction of sp³-hybridized carbons (Fsp3) is 0.800. The van der Waals surface area contributed by atoms with Gasteiger partial charge in [-0.2, -0.15) is 0 Å². The summed E-state index contributed by atoms with van der Waals surface area (Å²) in [4.78, 5) is 24.2. The van der Waals surface area contributed by atoms with Gasteiger partial charge in [0, 0.05) is 20.0 Å². The van der Waals surface area contributed by atoms with Gasteiger partial charge in [0.1, 0.15) is 0 Å². The number of nitrogens with zero attached hydrogens (tertiary/aromatic N) is 1. The minimum Gasteiger partial charge on any atom is -0.358 e. The maximum atomic E-state index is 11.7. The highest BCUT2D eigenvalue weighted by atomic mass is 16.2. The van der Waals surface area contributed by atoms with Crippen molar-refractivity contribution in [3.05, 3.63) is 0 Å². The summed E-state index contributed by atoms with van der Waals surface area (Å²) >= 11 is 0. The summed E-state index contributed by atoms with van der Waals surface area (Å²) in [5.74, 6) is 0.0649. The Morgan fingerprint density at radius 2 is 2.00 bits per heavy atom. The van der Waals surface area contributed by atoms with Crippen LogP contribution in [-0.2, 0) is 9.59 Å². The Morgan fingerprint density at radius 3 is 2.36 bits per heavy atom. The third-order valence-electron chi connectivity index (χ3n) is 2.85. The summed E-state index contributed by atoms with van der Waals surface area (Å²) in [5, 5.41) is 2.50. The average Bonchev–Trinajstić information content (AvgIpc) is 2.73. The summed E-state index contributed by atoms with van der Waals surface area (Å²) in [6.45, 7) is 4.30. The molecule has 0 aromatic rings. The molecule has 0 spiro atoms. The van der Waals surface area contributed by atoms with Gasteiger partial charge >= 0.3 is 0 Å². The number of hydrogen-bond donors (Lipinski definition) is 1. The van der Waals surface area contributed by atoms with Gasteiger partial charge < -0.3 is 10.2 Å². The van der Waals surface area contributed by atoms with Crippen LogP contribution in [0.2, 0.25) is 0 Å². The smallest absolute Gasteiger partial charge is 0.239 e. The van der Waals surface area contributed by atoms with Crippen LogP contribution in [0.5, 0.6) is 0 Å². The minimum absolute atomic E-state index is 0.0820. The molecule has 0 heterocycles. The van der Waals surface area contributed by atoms with Crippen molar-refractivity contribution in [1.29, 1.82) is 0 Å². The first-order valence-electron chi connectivity index (χ1n) is 4.84. The van der Waals surface area contributed by atoms with E-state index in [2.05, 4.69) is 19.2 Å². The summed E-state index contributed by atoms with van der Waals surface area (Å²) in [6.07, 6.45) is 0.934. The molecule has 0 bridgehead atoms. The molecule has 0 radical (unpaired) electrons. The third-order valence-corrected chi connectivity index (χ3v) is 2.85. The van der Waals surface area contributed by atoms with Crippen molar-refractivity contribution >= 4 is 11.8 Å². The molecule has 4 heteroatoms. The summed E-state index contributed by atoms with van der Waals surface area (Å²) in [7, 11) is 3.24. The second kappa shape index (κ2) is 3.59. The van der Waals surface area contributed by atoms with Gasteiger partial charge in [-0.25, -0.2) is 0 Å². The van der Waals surface area contributed by atoms with Gasteiger partial charge in [-0.05, 0) is 11.8 Å². The molecule has 1 aliphatic rings. The lowest BCUT2D eigenvalue weighted by Gasteiger charge is -2.16. The van der Waals surface area contributed by atoms with Gasteiger partial charge in [-0.1, -0.05) is 13.8 Å². The molecule has 1 rings (SSSR count). The van der Waals surface area contributed by atoms with Gasteiger partial charge in [-0.15, -0.1) is 0 Å².